The summed E-state index contributed by atoms with van der Waals surface area (Å²) in [7, 11) is -2.30. The molecule has 0 radical (unpaired) electrons. The number of amides is 2. The molecule has 3 heterocycles. The molecule has 8 rings (SSSR count). The largest absolute Gasteiger partial charge is 0.494 e. The maximum absolute atomic E-state index is 15.0. The number of fused-ring (bicyclic) bond motifs is 2. The Morgan fingerprint density at radius 1 is 1.08 bits per heavy atom. The van der Waals surface area contributed by atoms with Crippen LogP contribution >= 0.6 is 22.9 Å². The Morgan fingerprint density at radius 3 is 2.54 bits per heavy atom. The molecular weight excluding hydrogens is 808 g/mol. The molecule has 59 heavy (non-hydrogen) atoms. The van der Waals surface area contributed by atoms with Crippen LogP contribution in [0.25, 0.3) is 32.8 Å². The van der Waals surface area contributed by atoms with Crippen molar-refractivity contribution in [1.82, 2.24) is 19.6 Å². The summed E-state index contributed by atoms with van der Waals surface area (Å²) < 4.78 is 40.0. The monoisotopic (exact) mass is 854 g/mol. The van der Waals surface area contributed by atoms with E-state index in [1.807, 2.05) is 50.4 Å². The van der Waals surface area contributed by atoms with E-state index in [-0.39, 0.29) is 49.3 Å². The van der Waals surface area contributed by atoms with Crippen LogP contribution in [0.15, 0.2) is 84.9 Å². The first-order valence-electron chi connectivity index (χ1n) is 19.8. The van der Waals surface area contributed by atoms with Crippen LogP contribution in [-0.2, 0) is 30.8 Å². The van der Waals surface area contributed by atoms with Crippen molar-refractivity contribution >= 4 is 72.1 Å². The molecule has 5 atom stereocenters. The molecule has 0 bridgehead atoms. The molecule has 2 amide bonds. The molecule has 1 aliphatic heterocycles. The molecule has 2 aromatic heterocycles. The number of carbonyl (C=O) groups is 3. The zero-order chi connectivity index (χ0) is 41.9. The number of ether oxygens (including phenoxy) is 2. The zero-order valence-electron chi connectivity index (χ0n) is 33.4. The number of allylic oxidation sites excluding steroid dienone is 1. The molecule has 2 aliphatic carbocycles. The van der Waals surface area contributed by atoms with Gasteiger partial charge in [0.25, 0.3) is 0 Å². The minimum atomic E-state index is -3.85. The number of likely N-dealkylation sites (tertiary alicyclic amines) is 1. The first kappa shape index (κ1) is 40.9. The molecule has 308 valence electrons. The quantitative estimate of drug-likeness (QED) is 0.109. The molecule has 3 aromatic carbocycles. The van der Waals surface area contributed by atoms with Crippen molar-refractivity contribution < 1.29 is 32.3 Å². The van der Waals surface area contributed by atoms with Gasteiger partial charge in [-0.3, -0.25) is 19.1 Å². The van der Waals surface area contributed by atoms with Gasteiger partial charge in [-0.15, -0.1) is 17.9 Å². The van der Waals surface area contributed by atoms with E-state index in [1.165, 1.54) is 11.3 Å². The number of sulfonamides is 1. The van der Waals surface area contributed by atoms with Crippen LogP contribution in [0.4, 0.5) is 0 Å². The van der Waals surface area contributed by atoms with E-state index in [9.17, 15) is 18.0 Å². The van der Waals surface area contributed by atoms with Gasteiger partial charge in [-0.25, -0.2) is 18.4 Å². The molecular formula is C45H47ClN4O7S2. The van der Waals surface area contributed by atoms with Crippen molar-refractivity contribution in [2.75, 3.05) is 13.7 Å². The van der Waals surface area contributed by atoms with E-state index in [2.05, 4.69) is 40.6 Å². The zero-order valence-corrected chi connectivity index (χ0v) is 35.8. The number of nitrogens with zero attached hydrogens (tertiary/aromatic N) is 3. The highest BCUT2D eigenvalue weighted by molar-refractivity contribution is 7.90. The van der Waals surface area contributed by atoms with Gasteiger partial charge in [0, 0.05) is 51.9 Å². The highest BCUT2D eigenvalue weighted by Gasteiger charge is 2.61. The Kier molecular flexibility index (Phi) is 10.8. The number of thiazole rings is 1. The molecule has 3 aliphatic rings. The van der Waals surface area contributed by atoms with Crippen molar-refractivity contribution in [1.29, 1.82) is 0 Å². The Hall–Kier alpha value is -4.85. The maximum atomic E-state index is 15.0. The predicted octanol–water partition coefficient (Wildman–Crippen LogP) is 8.19. The van der Waals surface area contributed by atoms with E-state index < -0.39 is 50.1 Å². The van der Waals surface area contributed by atoms with Gasteiger partial charge in [-0.2, -0.15) is 0 Å². The lowest BCUT2D eigenvalue weighted by molar-refractivity contribution is -0.144. The van der Waals surface area contributed by atoms with E-state index >= 15 is 4.79 Å². The number of benzene rings is 3. The highest BCUT2D eigenvalue weighted by Crippen LogP contribution is 2.57. The van der Waals surface area contributed by atoms with Crippen LogP contribution in [0.1, 0.15) is 57.9 Å². The molecule has 11 nitrogen and oxygen atoms in total. The molecule has 2 saturated carbocycles. The fourth-order valence-electron chi connectivity index (χ4n) is 8.34. The van der Waals surface area contributed by atoms with Crippen LogP contribution in [0.5, 0.6) is 11.6 Å². The fourth-order valence-corrected chi connectivity index (χ4v) is 10.8. The van der Waals surface area contributed by atoms with Gasteiger partial charge in [-0.1, -0.05) is 74.8 Å². The highest BCUT2D eigenvalue weighted by atomic mass is 35.5. The lowest BCUT2D eigenvalue weighted by atomic mass is 9.77. The van der Waals surface area contributed by atoms with Crippen LogP contribution in [-0.4, -0.2) is 71.9 Å². The molecule has 1 saturated heterocycles. The normalized spacial score (nSPS) is 22.3. The Balaban J connectivity index is 1.09. The van der Waals surface area contributed by atoms with Gasteiger partial charge in [0.1, 0.15) is 11.9 Å². The van der Waals surface area contributed by atoms with Crippen molar-refractivity contribution in [3.63, 3.8) is 0 Å². The number of carbonyl (C=O) groups excluding carboxylic acids is 3. The van der Waals surface area contributed by atoms with Crippen LogP contribution in [0, 0.1) is 22.7 Å². The van der Waals surface area contributed by atoms with Gasteiger partial charge in [0.15, 0.2) is 5.78 Å². The first-order valence-corrected chi connectivity index (χ1v) is 22.6. The van der Waals surface area contributed by atoms with Gasteiger partial charge in [0.2, 0.25) is 27.7 Å². The van der Waals surface area contributed by atoms with Crippen LogP contribution in [0.2, 0.25) is 5.02 Å². The average Bonchev–Trinajstić information content (AvgIpc) is 4.10. The van der Waals surface area contributed by atoms with E-state index in [4.69, 9.17) is 26.1 Å². The van der Waals surface area contributed by atoms with Crippen molar-refractivity contribution in [3.05, 3.63) is 94.9 Å². The molecule has 0 spiro atoms. The predicted molar refractivity (Wildman–Crippen MR) is 230 cm³/mol. The second-order valence-electron chi connectivity index (χ2n) is 17.1. The number of methoxy groups -OCH3 is 1. The van der Waals surface area contributed by atoms with Crippen LogP contribution < -0.4 is 14.2 Å². The molecule has 0 unspecified atom stereocenters. The van der Waals surface area contributed by atoms with Gasteiger partial charge >= 0.3 is 0 Å². The number of aromatic nitrogens is 2. The number of rotatable bonds is 14. The third-order valence-corrected chi connectivity index (χ3v) is 15.0. The summed E-state index contributed by atoms with van der Waals surface area (Å²) in [6.45, 7) is 9.96. The van der Waals surface area contributed by atoms with E-state index in [1.54, 1.807) is 36.4 Å². The number of hydrogen-bond acceptors (Lipinski definition) is 10. The topological polar surface area (TPSA) is 145 Å². The summed E-state index contributed by atoms with van der Waals surface area (Å²) in [5.74, 6) is -1.42. The Bertz CT molecular complexity index is 2600. The summed E-state index contributed by atoms with van der Waals surface area (Å²) in [5.41, 5.74) is -0.00302. The number of Topliss-reactive ketones (excluding diaryl/α,β-unsaturated/α-hetero) is 1. The van der Waals surface area contributed by atoms with E-state index in [0.717, 1.165) is 32.4 Å². The third-order valence-electron chi connectivity index (χ3n) is 12.1. The van der Waals surface area contributed by atoms with Gasteiger partial charge in [0.05, 0.1) is 47.3 Å². The second-order valence-corrected chi connectivity index (χ2v) is 20.5. The van der Waals surface area contributed by atoms with Crippen molar-refractivity contribution in [2.45, 2.75) is 76.7 Å². The van der Waals surface area contributed by atoms with Crippen molar-refractivity contribution in [3.8, 4) is 22.9 Å². The number of halogens is 1. The Labute approximate surface area is 353 Å². The smallest absolute Gasteiger partial charge is 0.240 e. The third kappa shape index (κ3) is 8.21. The lowest BCUT2D eigenvalue weighted by Crippen LogP contribution is -2.48. The number of ketones is 1. The fraction of sp³-hybridized carbons (Fsp3) is 0.400. The maximum Gasteiger partial charge on any atom is 0.240 e. The standard InChI is InChI=1S/C45H47ClN4O7S2/c1-6-29-21-45(29,43(53)49-59(54,55)32-14-15-32)22-38(51)37-19-31(57-41-34-18-30(46)13-16-33(34)39(56-5)23-47-41)24-50(37)42(52)35(44(2,3)4)20-40-48-36(25-58-40)28-12-11-26-9-7-8-10-27(26)17-28/h6-13,16-18,23,25,29,31-32,35,37H,1,14-15,19-22,24H2,2-5H3,(H,49,53)/t29-,31-,35-,37+,45-/m1/s1. The summed E-state index contributed by atoms with van der Waals surface area (Å²) in [4.78, 5) is 54.5. The lowest BCUT2D eigenvalue weighted by Gasteiger charge is -2.35. The number of pyridine rings is 1. The second kappa shape index (κ2) is 15.6. The average molecular weight is 855 g/mol. The van der Waals surface area contributed by atoms with Crippen molar-refractivity contribution in [2.24, 2.45) is 22.7 Å². The SMILES string of the molecule is C=C[C@@H]1C[C@]1(CC(=O)[C@@H]1C[C@@H](Oc2ncc(OC)c3ccc(Cl)cc23)CN1C(=O)[C@@H](Cc1nc(-c2ccc3ccccc3c2)cs1)C(C)(C)C)C(=O)NS(=O)(=O)C1CC1. The van der Waals surface area contributed by atoms with Gasteiger partial charge < -0.3 is 14.4 Å². The van der Waals surface area contributed by atoms with Gasteiger partial charge in [-0.05, 0) is 65.6 Å². The number of nitrogens with one attached hydrogen (secondary N) is 1. The first-order chi connectivity index (χ1) is 28.1. The molecule has 14 heteroatoms. The molecule has 5 aromatic rings. The minimum absolute atomic E-state index is 0.0813. The Morgan fingerprint density at radius 2 is 1.85 bits per heavy atom. The number of hydrogen-bond donors (Lipinski definition) is 1. The minimum Gasteiger partial charge on any atom is -0.494 e. The summed E-state index contributed by atoms with van der Waals surface area (Å²) >= 11 is 7.91. The summed E-state index contributed by atoms with van der Waals surface area (Å²) in [6, 6.07) is 18.7. The summed E-state index contributed by atoms with van der Waals surface area (Å²) in [6.07, 6.45) is 4.00. The van der Waals surface area contributed by atoms with E-state index in [0.29, 0.717) is 35.4 Å². The summed E-state index contributed by atoms with van der Waals surface area (Å²) in [5, 5.41) is 6.27. The molecule has 1 N–H and O–H groups in total. The van der Waals surface area contributed by atoms with Crippen LogP contribution in [0.3, 0.4) is 0 Å². The molecule has 3 fully saturated rings.